The summed E-state index contributed by atoms with van der Waals surface area (Å²) in [7, 11) is 2.28. The zero-order valence-corrected chi connectivity index (χ0v) is 10.8. The maximum absolute atomic E-state index is 3.56. The van der Waals surface area contributed by atoms with Crippen molar-refractivity contribution in [1.82, 2.24) is 10.2 Å². The fourth-order valence-electron chi connectivity index (χ4n) is 2.29. The van der Waals surface area contributed by atoms with Crippen LogP contribution >= 0.6 is 0 Å². The molecule has 0 aromatic carbocycles. The van der Waals surface area contributed by atoms with Gasteiger partial charge < -0.3 is 10.2 Å². The predicted molar refractivity (Wildman–Crippen MR) is 67.2 cm³/mol. The van der Waals surface area contributed by atoms with Crippen molar-refractivity contribution in [3.8, 4) is 0 Å². The Bertz CT molecular complexity index is 157. The van der Waals surface area contributed by atoms with Crippen LogP contribution in [0.4, 0.5) is 0 Å². The molecule has 0 bridgehead atoms. The molecular formula is C13H28N2. The average Bonchev–Trinajstić information content (AvgIpc) is 2.20. The van der Waals surface area contributed by atoms with Gasteiger partial charge in [-0.05, 0) is 58.3 Å². The highest BCUT2D eigenvalue weighted by molar-refractivity contribution is 4.74. The van der Waals surface area contributed by atoms with Crippen LogP contribution < -0.4 is 5.32 Å². The largest absolute Gasteiger partial charge is 0.317 e. The quantitative estimate of drug-likeness (QED) is 0.681. The molecular weight excluding hydrogens is 184 g/mol. The fourth-order valence-corrected chi connectivity index (χ4v) is 2.29. The molecule has 0 aliphatic carbocycles. The normalized spacial score (nSPS) is 23.6. The van der Waals surface area contributed by atoms with E-state index in [1.807, 2.05) is 0 Å². The van der Waals surface area contributed by atoms with Crippen LogP contribution in [0.5, 0.6) is 0 Å². The Balaban J connectivity index is 1.99. The minimum Gasteiger partial charge on any atom is -0.317 e. The van der Waals surface area contributed by atoms with E-state index in [0.29, 0.717) is 0 Å². The lowest BCUT2D eigenvalue weighted by atomic mass is 10.0. The zero-order valence-electron chi connectivity index (χ0n) is 10.8. The molecule has 0 spiro atoms. The van der Waals surface area contributed by atoms with Gasteiger partial charge in [0.15, 0.2) is 0 Å². The molecule has 2 nitrogen and oxygen atoms in total. The summed E-state index contributed by atoms with van der Waals surface area (Å²) in [5.74, 6) is 0.829. The van der Waals surface area contributed by atoms with E-state index < -0.39 is 0 Å². The molecule has 1 saturated heterocycles. The second-order valence-corrected chi connectivity index (χ2v) is 5.35. The zero-order chi connectivity index (χ0) is 11.1. The summed E-state index contributed by atoms with van der Waals surface area (Å²) in [6.07, 6.45) is 6.87. The molecule has 15 heavy (non-hydrogen) atoms. The minimum atomic E-state index is 0.829. The lowest BCUT2D eigenvalue weighted by molar-refractivity contribution is 0.175. The molecule has 0 amide bonds. The number of rotatable bonds is 6. The number of piperidine rings is 1. The Morgan fingerprint density at radius 3 is 2.73 bits per heavy atom. The molecule has 0 radical (unpaired) electrons. The Morgan fingerprint density at radius 1 is 1.27 bits per heavy atom. The second kappa shape index (κ2) is 7.24. The third-order valence-electron chi connectivity index (χ3n) is 3.47. The van der Waals surface area contributed by atoms with Crippen molar-refractivity contribution in [3.05, 3.63) is 0 Å². The summed E-state index contributed by atoms with van der Waals surface area (Å²) >= 11 is 0. The van der Waals surface area contributed by atoms with E-state index in [2.05, 4.69) is 31.1 Å². The van der Waals surface area contributed by atoms with E-state index in [9.17, 15) is 0 Å². The Morgan fingerprint density at radius 2 is 2.07 bits per heavy atom. The van der Waals surface area contributed by atoms with Crippen molar-refractivity contribution in [1.29, 1.82) is 0 Å². The van der Waals surface area contributed by atoms with Gasteiger partial charge in [0.25, 0.3) is 0 Å². The van der Waals surface area contributed by atoms with Crippen LogP contribution in [0.15, 0.2) is 0 Å². The summed E-state index contributed by atoms with van der Waals surface area (Å²) < 4.78 is 0. The highest BCUT2D eigenvalue weighted by Gasteiger charge is 2.17. The summed E-state index contributed by atoms with van der Waals surface area (Å²) in [5, 5.41) is 3.56. The molecule has 1 heterocycles. The molecule has 90 valence electrons. The fraction of sp³-hybridized carbons (Fsp3) is 1.00. The molecule has 1 aliphatic heterocycles. The van der Waals surface area contributed by atoms with Gasteiger partial charge in [0, 0.05) is 6.04 Å². The second-order valence-electron chi connectivity index (χ2n) is 5.35. The first-order chi connectivity index (χ1) is 7.20. The maximum atomic E-state index is 3.56. The molecule has 1 N–H and O–H groups in total. The summed E-state index contributed by atoms with van der Waals surface area (Å²) in [4.78, 5) is 2.54. The van der Waals surface area contributed by atoms with Crippen molar-refractivity contribution >= 4 is 0 Å². The van der Waals surface area contributed by atoms with Crippen molar-refractivity contribution in [2.45, 2.75) is 52.0 Å². The first-order valence-corrected chi connectivity index (χ1v) is 6.61. The number of nitrogens with one attached hydrogen (secondary N) is 1. The highest BCUT2D eigenvalue weighted by Crippen LogP contribution is 2.16. The smallest absolute Gasteiger partial charge is 0.0104 e. The average molecular weight is 212 g/mol. The first-order valence-electron chi connectivity index (χ1n) is 6.61. The van der Waals surface area contributed by atoms with Crippen molar-refractivity contribution in [3.63, 3.8) is 0 Å². The number of nitrogens with zero attached hydrogens (tertiary/aromatic N) is 1. The summed E-state index contributed by atoms with van der Waals surface area (Å²) in [6, 6.07) is 0.838. The van der Waals surface area contributed by atoms with E-state index in [-0.39, 0.29) is 0 Å². The van der Waals surface area contributed by atoms with Gasteiger partial charge in [-0.2, -0.15) is 0 Å². The summed E-state index contributed by atoms with van der Waals surface area (Å²) in [5.41, 5.74) is 0. The lowest BCUT2D eigenvalue weighted by Gasteiger charge is -2.32. The van der Waals surface area contributed by atoms with Crippen molar-refractivity contribution < 1.29 is 0 Å². The molecule has 1 atom stereocenters. The Labute approximate surface area is 95.4 Å². The third-order valence-corrected chi connectivity index (χ3v) is 3.47. The molecule has 0 saturated carbocycles. The third kappa shape index (κ3) is 5.53. The van der Waals surface area contributed by atoms with Crippen LogP contribution in [0.3, 0.4) is 0 Å². The number of likely N-dealkylation sites (tertiary alicyclic amines) is 1. The standard InChI is InChI=1S/C13H28N2/c1-12(2)7-9-14-10-8-13-6-4-5-11-15(13)3/h12-14H,4-11H2,1-3H3. The van der Waals surface area contributed by atoms with Crippen LogP contribution in [-0.4, -0.2) is 37.6 Å². The van der Waals surface area contributed by atoms with Crippen LogP contribution in [-0.2, 0) is 0 Å². The topological polar surface area (TPSA) is 15.3 Å². The van der Waals surface area contributed by atoms with Gasteiger partial charge in [0.2, 0.25) is 0 Å². The predicted octanol–water partition coefficient (Wildman–Crippen LogP) is 2.50. The van der Waals surface area contributed by atoms with Gasteiger partial charge in [-0.15, -0.1) is 0 Å². The molecule has 1 aliphatic rings. The van der Waals surface area contributed by atoms with Gasteiger partial charge in [0.05, 0.1) is 0 Å². The molecule has 0 aromatic heterocycles. The van der Waals surface area contributed by atoms with E-state index in [4.69, 9.17) is 0 Å². The summed E-state index contributed by atoms with van der Waals surface area (Å²) in [6.45, 7) is 8.26. The van der Waals surface area contributed by atoms with E-state index in [1.165, 1.54) is 51.7 Å². The van der Waals surface area contributed by atoms with E-state index in [0.717, 1.165) is 12.0 Å². The van der Waals surface area contributed by atoms with Gasteiger partial charge in [0.1, 0.15) is 0 Å². The van der Waals surface area contributed by atoms with Gasteiger partial charge in [-0.3, -0.25) is 0 Å². The van der Waals surface area contributed by atoms with E-state index >= 15 is 0 Å². The first kappa shape index (κ1) is 13.0. The van der Waals surface area contributed by atoms with Crippen LogP contribution in [0.1, 0.15) is 46.0 Å². The number of hydrogen-bond donors (Lipinski definition) is 1. The number of hydrogen-bond acceptors (Lipinski definition) is 2. The van der Waals surface area contributed by atoms with Gasteiger partial charge >= 0.3 is 0 Å². The van der Waals surface area contributed by atoms with Crippen LogP contribution in [0, 0.1) is 5.92 Å². The lowest BCUT2D eigenvalue weighted by Crippen LogP contribution is -2.38. The monoisotopic (exact) mass is 212 g/mol. The molecule has 1 unspecified atom stereocenters. The van der Waals surface area contributed by atoms with Gasteiger partial charge in [-0.1, -0.05) is 20.3 Å². The highest BCUT2D eigenvalue weighted by atomic mass is 15.1. The Kier molecular flexibility index (Phi) is 6.26. The maximum Gasteiger partial charge on any atom is 0.0104 e. The van der Waals surface area contributed by atoms with Crippen molar-refractivity contribution in [2.24, 2.45) is 5.92 Å². The molecule has 0 aromatic rings. The SMILES string of the molecule is CC(C)CCNCCC1CCCCN1C. The van der Waals surface area contributed by atoms with Crippen LogP contribution in [0.2, 0.25) is 0 Å². The van der Waals surface area contributed by atoms with Gasteiger partial charge in [-0.25, -0.2) is 0 Å². The van der Waals surface area contributed by atoms with Crippen molar-refractivity contribution in [2.75, 3.05) is 26.7 Å². The molecule has 1 fully saturated rings. The van der Waals surface area contributed by atoms with E-state index in [1.54, 1.807) is 0 Å². The molecule has 1 rings (SSSR count). The molecule has 2 heteroatoms. The van der Waals surface area contributed by atoms with Crippen LogP contribution in [0.25, 0.3) is 0 Å². The minimum absolute atomic E-state index is 0.829. The Hall–Kier alpha value is -0.0800.